The van der Waals surface area contributed by atoms with Gasteiger partial charge >= 0.3 is 0 Å². The van der Waals surface area contributed by atoms with Crippen LogP contribution >= 0.6 is 0 Å². The van der Waals surface area contributed by atoms with Crippen molar-refractivity contribution < 1.29 is 10.0 Å². The van der Waals surface area contributed by atoms with E-state index in [1.54, 1.807) is 6.07 Å². The molecule has 0 saturated carbocycles. The quantitative estimate of drug-likeness (QED) is 0.537. The Labute approximate surface area is 80.5 Å². The second kappa shape index (κ2) is 3.36. The van der Waals surface area contributed by atoms with Gasteiger partial charge in [-0.3, -0.25) is 10.1 Å². The van der Waals surface area contributed by atoms with Crippen molar-refractivity contribution >= 4 is 5.69 Å². The van der Waals surface area contributed by atoms with E-state index in [1.807, 2.05) is 0 Å². The van der Waals surface area contributed by atoms with Gasteiger partial charge in [0.2, 0.25) is 0 Å². The zero-order chi connectivity index (χ0) is 10.1. The minimum Gasteiger partial charge on any atom is -0.394 e. The number of benzene rings is 1. The molecular weight excluding hydrogens is 184 g/mol. The molecule has 74 valence electrons. The fraction of sp³-hybridized carbons (Fsp3) is 0.333. The summed E-state index contributed by atoms with van der Waals surface area (Å²) in [6, 6.07) is 4.58. The van der Waals surface area contributed by atoms with Crippen molar-refractivity contribution in [3.63, 3.8) is 0 Å². The van der Waals surface area contributed by atoms with Crippen molar-refractivity contribution in [1.82, 2.24) is 5.32 Å². The first kappa shape index (κ1) is 9.11. The predicted octanol–water partition coefficient (Wildman–Crippen LogP) is 0.731. The Balaban J connectivity index is 2.42. The number of nitrogens with zero attached hydrogens (tertiary/aromatic N) is 1. The Bertz CT molecular complexity index is 378. The molecular formula is C9H10N2O3. The highest BCUT2D eigenvalue weighted by atomic mass is 16.6. The average Bonchev–Trinajstić information content (AvgIpc) is 2.59. The van der Waals surface area contributed by atoms with Crippen LogP contribution in [0.15, 0.2) is 18.2 Å². The Hall–Kier alpha value is -1.46. The molecule has 1 aliphatic rings. The Kier molecular flexibility index (Phi) is 2.18. The molecule has 1 aromatic carbocycles. The van der Waals surface area contributed by atoms with E-state index in [4.69, 9.17) is 5.11 Å². The number of fused-ring (bicyclic) bond motifs is 1. The molecule has 1 aromatic rings. The van der Waals surface area contributed by atoms with Crippen molar-refractivity contribution in [3.05, 3.63) is 39.4 Å². The Morgan fingerprint density at radius 3 is 3.07 bits per heavy atom. The Morgan fingerprint density at radius 1 is 1.64 bits per heavy atom. The number of hydrogen-bond acceptors (Lipinski definition) is 4. The summed E-state index contributed by atoms with van der Waals surface area (Å²) >= 11 is 0. The summed E-state index contributed by atoms with van der Waals surface area (Å²) in [5, 5.41) is 22.6. The van der Waals surface area contributed by atoms with E-state index in [1.165, 1.54) is 12.1 Å². The van der Waals surface area contributed by atoms with Crippen LogP contribution in [0, 0.1) is 10.1 Å². The highest BCUT2D eigenvalue weighted by Crippen LogP contribution is 2.28. The van der Waals surface area contributed by atoms with Gasteiger partial charge in [-0.2, -0.15) is 0 Å². The van der Waals surface area contributed by atoms with Gasteiger partial charge in [-0.25, -0.2) is 0 Å². The third-order valence-corrected chi connectivity index (χ3v) is 2.44. The molecule has 1 atom stereocenters. The van der Waals surface area contributed by atoms with E-state index in [0.29, 0.717) is 6.54 Å². The standard InChI is InChI=1S/C9H10N2O3/c12-5-9-8-3-7(11(13)14)2-1-6(8)4-10-9/h1-3,9-10,12H,4-5H2. The topological polar surface area (TPSA) is 75.4 Å². The summed E-state index contributed by atoms with van der Waals surface area (Å²) in [6.45, 7) is 0.632. The summed E-state index contributed by atoms with van der Waals surface area (Å²) in [4.78, 5) is 10.1. The van der Waals surface area contributed by atoms with Gasteiger partial charge in [0.1, 0.15) is 0 Å². The van der Waals surface area contributed by atoms with Crippen molar-refractivity contribution in [2.45, 2.75) is 12.6 Å². The van der Waals surface area contributed by atoms with E-state index in [9.17, 15) is 10.1 Å². The first-order valence-electron chi connectivity index (χ1n) is 4.34. The lowest BCUT2D eigenvalue weighted by Gasteiger charge is -2.06. The SMILES string of the molecule is O=[N+]([O-])c1ccc2c(c1)C(CO)NC2. The van der Waals surface area contributed by atoms with Gasteiger partial charge < -0.3 is 10.4 Å². The molecule has 5 heteroatoms. The average molecular weight is 194 g/mol. The van der Waals surface area contributed by atoms with Gasteiger partial charge in [-0.1, -0.05) is 6.07 Å². The van der Waals surface area contributed by atoms with Gasteiger partial charge in [0.25, 0.3) is 5.69 Å². The van der Waals surface area contributed by atoms with Crippen LogP contribution in [0.3, 0.4) is 0 Å². The Morgan fingerprint density at radius 2 is 2.43 bits per heavy atom. The third kappa shape index (κ3) is 1.36. The number of non-ortho nitro benzene ring substituents is 1. The lowest BCUT2D eigenvalue weighted by atomic mass is 10.0. The van der Waals surface area contributed by atoms with Crippen LogP contribution in [0.2, 0.25) is 0 Å². The van der Waals surface area contributed by atoms with Crippen molar-refractivity contribution in [2.75, 3.05) is 6.61 Å². The van der Waals surface area contributed by atoms with Gasteiger partial charge in [0, 0.05) is 18.7 Å². The van der Waals surface area contributed by atoms with Crippen LogP contribution in [0.4, 0.5) is 5.69 Å². The monoisotopic (exact) mass is 194 g/mol. The normalized spacial score (nSPS) is 19.4. The smallest absolute Gasteiger partial charge is 0.269 e. The first-order valence-corrected chi connectivity index (χ1v) is 4.34. The van der Waals surface area contributed by atoms with Gasteiger partial charge in [0.05, 0.1) is 17.6 Å². The van der Waals surface area contributed by atoms with Gasteiger partial charge in [0.15, 0.2) is 0 Å². The third-order valence-electron chi connectivity index (χ3n) is 2.44. The largest absolute Gasteiger partial charge is 0.394 e. The predicted molar refractivity (Wildman–Crippen MR) is 49.8 cm³/mol. The van der Waals surface area contributed by atoms with E-state index in [2.05, 4.69) is 5.32 Å². The van der Waals surface area contributed by atoms with Crippen LogP contribution in [-0.2, 0) is 6.54 Å². The van der Waals surface area contributed by atoms with E-state index < -0.39 is 4.92 Å². The fourth-order valence-corrected chi connectivity index (χ4v) is 1.69. The van der Waals surface area contributed by atoms with E-state index in [0.717, 1.165) is 11.1 Å². The highest BCUT2D eigenvalue weighted by Gasteiger charge is 2.23. The fourth-order valence-electron chi connectivity index (χ4n) is 1.69. The highest BCUT2D eigenvalue weighted by molar-refractivity contribution is 5.43. The maximum absolute atomic E-state index is 10.5. The number of aliphatic hydroxyl groups is 1. The summed E-state index contributed by atoms with van der Waals surface area (Å²) in [5.74, 6) is 0. The molecule has 1 heterocycles. The molecule has 2 rings (SSSR count). The zero-order valence-corrected chi connectivity index (χ0v) is 7.43. The minimum absolute atomic E-state index is 0.0336. The van der Waals surface area contributed by atoms with Crippen molar-refractivity contribution in [3.8, 4) is 0 Å². The summed E-state index contributed by atoms with van der Waals surface area (Å²) in [7, 11) is 0. The van der Waals surface area contributed by atoms with Crippen molar-refractivity contribution in [2.24, 2.45) is 0 Å². The molecule has 0 aliphatic carbocycles. The van der Waals surface area contributed by atoms with E-state index in [-0.39, 0.29) is 18.3 Å². The second-order valence-electron chi connectivity index (χ2n) is 3.26. The van der Waals surface area contributed by atoms with Gasteiger partial charge in [-0.15, -0.1) is 0 Å². The van der Waals surface area contributed by atoms with Gasteiger partial charge in [-0.05, 0) is 11.1 Å². The molecule has 1 unspecified atom stereocenters. The number of rotatable bonds is 2. The molecule has 5 nitrogen and oxygen atoms in total. The van der Waals surface area contributed by atoms with Crippen LogP contribution in [0.5, 0.6) is 0 Å². The lowest BCUT2D eigenvalue weighted by molar-refractivity contribution is -0.384. The summed E-state index contributed by atoms with van der Waals surface area (Å²) < 4.78 is 0. The molecule has 0 fully saturated rings. The summed E-state index contributed by atoms with van der Waals surface area (Å²) in [6.07, 6.45) is 0. The molecule has 1 aliphatic heterocycles. The lowest BCUT2D eigenvalue weighted by Crippen LogP contribution is -2.15. The molecule has 0 spiro atoms. The second-order valence-corrected chi connectivity index (χ2v) is 3.26. The molecule has 0 bridgehead atoms. The molecule has 2 N–H and O–H groups in total. The number of nitro benzene ring substituents is 1. The van der Waals surface area contributed by atoms with Crippen LogP contribution < -0.4 is 5.32 Å². The van der Waals surface area contributed by atoms with Crippen molar-refractivity contribution in [1.29, 1.82) is 0 Å². The number of nitrogens with one attached hydrogen (secondary N) is 1. The zero-order valence-electron chi connectivity index (χ0n) is 7.43. The van der Waals surface area contributed by atoms with Crippen LogP contribution in [0.25, 0.3) is 0 Å². The van der Waals surface area contributed by atoms with E-state index >= 15 is 0 Å². The number of nitro groups is 1. The molecule has 14 heavy (non-hydrogen) atoms. The number of hydrogen-bond donors (Lipinski definition) is 2. The maximum Gasteiger partial charge on any atom is 0.269 e. The molecule has 0 saturated heterocycles. The number of aliphatic hydroxyl groups excluding tert-OH is 1. The minimum atomic E-state index is -0.424. The summed E-state index contributed by atoms with van der Waals surface area (Å²) in [5.41, 5.74) is 1.93. The first-order chi connectivity index (χ1) is 6.72. The maximum atomic E-state index is 10.5. The van der Waals surface area contributed by atoms with Crippen LogP contribution in [0.1, 0.15) is 17.2 Å². The van der Waals surface area contributed by atoms with Crippen LogP contribution in [-0.4, -0.2) is 16.6 Å². The molecule has 0 amide bonds. The molecule has 0 aromatic heterocycles. The molecule has 0 radical (unpaired) electrons.